The third-order valence-corrected chi connectivity index (χ3v) is 10.5. The molecule has 5 aromatic carbocycles. The van der Waals surface area contributed by atoms with E-state index >= 15 is 0 Å². The number of anilines is 1. The molecule has 0 amide bonds. The van der Waals surface area contributed by atoms with E-state index in [0.717, 1.165) is 39.1 Å². The molecule has 7 aromatic rings. The van der Waals surface area contributed by atoms with Gasteiger partial charge in [-0.15, -0.1) is 0 Å². The van der Waals surface area contributed by atoms with Gasteiger partial charge in [-0.2, -0.15) is 4.98 Å². The number of aromatic nitrogens is 4. The van der Waals surface area contributed by atoms with Crippen LogP contribution in [0.4, 0.5) is 5.95 Å². The first-order chi connectivity index (χ1) is 27.0. The zero-order valence-corrected chi connectivity index (χ0v) is 30.7. The summed E-state index contributed by atoms with van der Waals surface area (Å²) in [5.74, 6) is 0.946. The number of aromatic amines is 1. The average Bonchev–Trinajstić information content (AvgIpc) is 3.80. The molecule has 0 unspecified atom stereocenters. The predicted octanol–water partition coefficient (Wildman–Crippen LogP) is 8.45. The minimum atomic E-state index is -0.947. The highest BCUT2D eigenvalue weighted by molar-refractivity contribution is 5.72. The maximum atomic E-state index is 13.9. The Morgan fingerprint density at radius 3 is 1.95 bits per heavy atom. The van der Waals surface area contributed by atoms with Gasteiger partial charge in [-0.1, -0.05) is 140 Å². The Kier molecular flexibility index (Phi) is 10.4. The van der Waals surface area contributed by atoms with Gasteiger partial charge in [0.1, 0.15) is 11.3 Å². The van der Waals surface area contributed by atoms with Crippen LogP contribution in [0.3, 0.4) is 0 Å². The highest BCUT2D eigenvalue weighted by Gasteiger charge is 2.41. The SMILES string of the molecule is C=C1[C@H](COCc2ccccc2)[C@@H](OCc2ccccc2)C[C@@H]1n1cnc2c(=O)[nH]c(NC(c3ccccc3)(c3ccccc3)c3ccc(OC)cc3)nc21. The molecule has 2 N–H and O–H groups in total. The Morgan fingerprint density at radius 1 is 0.782 bits per heavy atom. The standard InChI is InChI=1S/C46H43N5O4/c1-32-39(30-54-28-33-15-7-3-8-16-33)41(55-29-34-17-9-4-10-18-34)27-40(32)51-31-47-42-43(51)48-45(49-44(42)52)50-46(35-19-11-5-12-20-35,36-21-13-6-14-22-36)37-23-25-38(53-2)26-24-37/h3-26,31,39-41H,1,27-30H2,2H3,(H2,48,49,50,52)/t39-,40-,41-/m0/s1. The monoisotopic (exact) mass is 729 g/mol. The summed E-state index contributed by atoms with van der Waals surface area (Å²) in [7, 11) is 1.65. The Hall–Kier alpha value is -6.29. The van der Waals surface area contributed by atoms with Crippen LogP contribution < -0.4 is 15.6 Å². The molecule has 0 bridgehead atoms. The number of methoxy groups -OCH3 is 1. The van der Waals surface area contributed by atoms with E-state index in [9.17, 15) is 4.79 Å². The van der Waals surface area contributed by atoms with Gasteiger partial charge in [-0.3, -0.25) is 9.78 Å². The van der Waals surface area contributed by atoms with Crippen LogP contribution in [0.1, 0.15) is 40.3 Å². The van der Waals surface area contributed by atoms with Gasteiger partial charge in [0.05, 0.1) is 45.4 Å². The molecule has 1 fully saturated rings. The van der Waals surface area contributed by atoms with E-state index in [0.29, 0.717) is 37.8 Å². The van der Waals surface area contributed by atoms with Crippen molar-refractivity contribution in [3.8, 4) is 5.75 Å². The zero-order chi connectivity index (χ0) is 37.6. The largest absolute Gasteiger partial charge is 0.497 e. The van der Waals surface area contributed by atoms with Crippen molar-refractivity contribution in [2.24, 2.45) is 5.92 Å². The molecule has 2 heterocycles. The quantitative estimate of drug-likeness (QED) is 0.0856. The topological polar surface area (TPSA) is 103 Å². The normalized spacial score (nSPS) is 17.0. The fourth-order valence-electron chi connectivity index (χ4n) is 7.69. The highest BCUT2D eigenvalue weighted by atomic mass is 16.5. The lowest BCUT2D eigenvalue weighted by atomic mass is 9.77. The summed E-state index contributed by atoms with van der Waals surface area (Å²) < 4.78 is 20.4. The minimum Gasteiger partial charge on any atom is -0.497 e. The molecule has 0 saturated heterocycles. The summed E-state index contributed by atoms with van der Waals surface area (Å²) in [4.78, 5) is 26.6. The van der Waals surface area contributed by atoms with Crippen molar-refractivity contribution >= 4 is 17.1 Å². The molecule has 1 aliphatic rings. The molecule has 1 aliphatic carbocycles. The van der Waals surface area contributed by atoms with Crippen molar-refractivity contribution in [2.75, 3.05) is 19.0 Å². The van der Waals surface area contributed by atoms with Gasteiger partial charge in [0.15, 0.2) is 11.2 Å². The van der Waals surface area contributed by atoms with Crippen molar-refractivity contribution in [1.82, 2.24) is 19.5 Å². The molecule has 1 saturated carbocycles. The average molecular weight is 730 g/mol. The van der Waals surface area contributed by atoms with Gasteiger partial charge in [-0.25, -0.2) is 4.98 Å². The number of imidazole rings is 1. The maximum Gasteiger partial charge on any atom is 0.280 e. The Balaban J connectivity index is 1.16. The molecule has 9 nitrogen and oxygen atoms in total. The Morgan fingerprint density at radius 2 is 1.35 bits per heavy atom. The summed E-state index contributed by atoms with van der Waals surface area (Å²) in [5.41, 5.74) is 5.41. The van der Waals surface area contributed by atoms with Crippen LogP contribution in [0.15, 0.2) is 169 Å². The summed E-state index contributed by atoms with van der Waals surface area (Å²) in [6, 6.07) is 48.3. The maximum absolute atomic E-state index is 13.9. The van der Waals surface area contributed by atoms with Gasteiger partial charge < -0.3 is 24.1 Å². The van der Waals surface area contributed by atoms with Gasteiger partial charge in [-0.05, 0) is 51.9 Å². The lowest BCUT2D eigenvalue weighted by Gasteiger charge is -2.37. The number of nitrogens with one attached hydrogen (secondary N) is 2. The fourth-order valence-corrected chi connectivity index (χ4v) is 7.69. The molecule has 8 rings (SSSR count). The Labute approximate surface area is 320 Å². The van der Waals surface area contributed by atoms with Crippen LogP contribution in [-0.4, -0.2) is 39.3 Å². The lowest BCUT2D eigenvalue weighted by molar-refractivity contribution is -0.0122. The van der Waals surface area contributed by atoms with E-state index in [4.69, 9.17) is 19.2 Å². The van der Waals surface area contributed by atoms with Crippen molar-refractivity contribution in [1.29, 1.82) is 0 Å². The van der Waals surface area contributed by atoms with Crippen molar-refractivity contribution in [3.05, 3.63) is 202 Å². The summed E-state index contributed by atoms with van der Waals surface area (Å²) >= 11 is 0. The van der Waals surface area contributed by atoms with E-state index in [1.807, 2.05) is 102 Å². The number of hydrogen-bond donors (Lipinski definition) is 2. The molecule has 9 heteroatoms. The van der Waals surface area contributed by atoms with Gasteiger partial charge in [0.25, 0.3) is 5.56 Å². The van der Waals surface area contributed by atoms with Gasteiger partial charge in [0, 0.05) is 5.92 Å². The number of benzene rings is 5. The molecule has 2 aromatic heterocycles. The summed E-state index contributed by atoms with van der Waals surface area (Å²) in [5, 5.41) is 3.71. The zero-order valence-electron chi connectivity index (χ0n) is 30.7. The molecule has 3 atom stereocenters. The first kappa shape index (κ1) is 35.7. The summed E-state index contributed by atoms with van der Waals surface area (Å²) in [6.45, 7) is 5.99. The van der Waals surface area contributed by atoms with Crippen LogP contribution in [0.2, 0.25) is 0 Å². The van der Waals surface area contributed by atoms with Crippen LogP contribution in [0.5, 0.6) is 5.75 Å². The van der Waals surface area contributed by atoms with Crippen molar-refractivity contribution < 1.29 is 14.2 Å². The number of nitrogens with zero attached hydrogens (tertiary/aromatic N) is 3. The molecular formula is C46H43N5O4. The van der Waals surface area contributed by atoms with Crippen LogP contribution in [0, 0.1) is 5.92 Å². The number of rotatable bonds is 14. The van der Waals surface area contributed by atoms with Gasteiger partial charge in [0.2, 0.25) is 5.95 Å². The third-order valence-electron chi connectivity index (χ3n) is 10.5. The van der Waals surface area contributed by atoms with Crippen molar-refractivity contribution in [3.63, 3.8) is 0 Å². The molecule has 55 heavy (non-hydrogen) atoms. The van der Waals surface area contributed by atoms with E-state index in [1.54, 1.807) is 13.4 Å². The second kappa shape index (κ2) is 16.0. The van der Waals surface area contributed by atoms with Gasteiger partial charge >= 0.3 is 0 Å². The highest BCUT2D eigenvalue weighted by Crippen LogP contribution is 2.43. The number of hydrogen-bond acceptors (Lipinski definition) is 7. The third kappa shape index (κ3) is 7.32. The van der Waals surface area contributed by atoms with E-state index < -0.39 is 5.54 Å². The summed E-state index contributed by atoms with van der Waals surface area (Å²) in [6.07, 6.45) is 2.14. The second-order valence-electron chi connectivity index (χ2n) is 13.8. The van der Waals surface area contributed by atoms with Crippen LogP contribution in [-0.2, 0) is 28.2 Å². The number of ether oxygens (including phenoxy) is 3. The molecule has 0 spiro atoms. The Bertz CT molecular complexity index is 2360. The van der Waals surface area contributed by atoms with E-state index in [2.05, 4.69) is 70.4 Å². The fraction of sp³-hybridized carbons (Fsp3) is 0.196. The lowest BCUT2D eigenvalue weighted by Crippen LogP contribution is -2.39. The predicted molar refractivity (Wildman–Crippen MR) is 215 cm³/mol. The smallest absolute Gasteiger partial charge is 0.280 e. The van der Waals surface area contributed by atoms with Crippen LogP contribution in [0.25, 0.3) is 11.2 Å². The van der Waals surface area contributed by atoms with Crippen molar-refractivity contribution in [2.45, 2.75) is 37.3 Å². The molecule has 0 aliphatic heterocycles. The second-order valence-corrected chi connectivity index (χ2v) is 13.8. The number of fused-ring (bicyclic) bond motifs is 1. The first-order valence-electron chi connectivity index (χ1n) is 18.5. The van der Waals surface area contributed by atoms with Crippen LogP contribution >= 0.6 is 0 Å². The van der Waals surface area contributed by atoms with E-state index in [1.165, 1.54) is 0 Å². The van der Waals surface area contributed by atoms with E-state index in [-0.39, 0.29) is 29.1 Å². The molecular weight excluding hydrogens is 687 g/mol. The molecule has 276 valence electrons. The number of H-pyrrole nitrogens is 1. The first-order valence-corrected chi connectivity index (χ1v) is 18.5. The molecule has 0 radical (unpaired) electrons. The minimum absolute atomic E-state index is 0.0895.